The second-order valence-electron chi connectivity index (χ2n) is 30.1. The number of unbranched alkanes of at least 4 members (excludes halogenated alkanes) is 25. The zero-order valence-corrected chi connectivity index (χ0v) is 79.1. The third kappa shape index (κ3) is 73.7. The van der Waals surface area contributed by atoms with E-state index in [0.717, 1.165) is 93.0 Å². The molecule has 2 N–H and O–H groups in total. The highest BCUT2D eigenvalue weighted by Gasteiger charge is 2.23. The van der Waals surface area contributed by atoms with E-state index in [2.05, 4.69) is 55.1 Å². The van der Waals surface area contributed by atoms with Crippen molar-refractivity contribution in [1.82, 2.24) is 25.3 Å². The van der Waals surface area contributed by atoms with Gasteiger partial charge in [-0.05, 0) is 95.5 Å². The van der Waals surface area contributed by atoms with Gasteiger partial charge in [0.25, 0.3) is 0 Å². The molecule has 0 saturated carbocycles. The molecule has 0 aromatic heterocycles. The maximum Gasteiger partial charge on any atom is 0.318 e. The number of carbonyl (C=O) groups is 10. The number of ether oxygens (including phenoxy) is 10. The molecule has 0 aromatic carbocycles. The number of nitrogens with one attached hydrogen (secondary N) is 2. The van der Waals surface area contributed by atoms with E-state index in [4.69, 9.17) is 47.4 Å². The fourth-order valence-electron chi connectivity index (χ4n) is 11.9. The summed E-state index contributed by atoms with van der Waals surface area (Å²) in [6.45, 7) is 24.2. The first-order valence-electron chi connectivity index (χ1n) is 45.5. The van der Waals surface area contributed by atoms with E-state index in [1.165, 1.54) is 128 Å². The third-order valence-corrected chi connectivity index (χ3v) is 25.6. The molecule has 5 atom stereocenters. The minimum atomic E-state index is -0.519. The van der Waals surface area contributed by atoms with Gasteiger partial charge in [-0.2, -0.15) is 0 Å². The van der Waals surface area contributed by atoms with Crippen molar-refractivity contribution in [2.24, 2.45) is 0 Å². The van der Waals surface area contributed by atoms with Crippen LogP contribution in [0.25, 0.3) is 0 Å². The Bertz CT molecular complexity index is 2450. The predicted octanol–water partition coefficient (Wildman–Crippen LogP) is 15.9. The van der Waals surface area contributed by atoms with Gasteiger partial charge in [-0.15, -0.1) is 58.8 Å². The van der Waals surface area contributed by atoms with Gasteiger partial charge in [0.05, 0.1) is 58.4 Å². The average molecular weight is 1770 g/mol. The minimum absolute atomic E-state index is 0.00147. The molecule has 0 saturated heterocycles. The zero-order valence-electron chi connectivity index (χ0n) is 75.0. The Kier molecular flexibility index (Phi) is 81.4. The van der Waals surface area contributed by atoms with Gasteiger partial charge in [0.15, 0.2) is 0 Å². The van der Waals surface area contributed by atoms with E-state index in [9.17, 15) is 47.9 Å². The summed E-state index contributed by atoms with van der Waals surface area (Å²) in [6.07, 6.45) is 35.1. The third-order valence-electron chi connectivity index (χ3n) is 19.5. The van der Waals surface area contributed by atoms with Gasteiger partial charge in [0.1, 0.15) is 66.1 Å². The van der Waals surface area contributed by atoms with Crippen molar-refractivity contribution in [2.45, 2.75) is 320 Å². The van der Waals surface area contributed by atoms with Crippen molar-refractivity contribution in [1.29, 1.82) is 0 Å². The van der Waals surface area contributed by atoms with Crippen LogP contribution in [0.5, 0.6) is 0 Å². The van der Waals surface area contributed by atoms with Crippen LogP contribution < -0.4 is 10.6 Å². The highest BCUT2D eigenvalue weighted by Crippen LogP contribution is 2.22. The van der Waals surface area contributed by atoms with Crippen molar-refractivity contribution in [3.8, 4) is 0 Å². The van der Waals surface area contributed by atoms with Gasteiger partial charge in [0.2, 0.25) is 0 Å². The first kappa shape index (κ1) is 114. The molecule has 0 rings (SSSR count). The highest BCUT2D eigenvalue weighted by molar-refractivity contribution is 8.01. The molecule has 0 aliphatic carbocycles. The molecule has 0 aliphatic rings. The van der Waals surface area contributed by atoms with Crippen molar-refractivity contribution in [3.05, 3.63) is 0 Å². The van der Waals surface area contributed by atoms with Crippen LogP contribution in [0.15, 0.2) is 0 Å². The lowest BCUT2D eigenvalue weighted by molar-refractivity contribution is -0.152. The fourth-order valence-corrected chi connectivity index (χ4v) is 16.6. The predicted molar refractivity (Wildman–Crippen MR) is 484 cm³/mol. The second-order valence-corrected chi connectivity index (χ2v) is 37.4. The molecule has 0 aromatic rings. The molecule has 0 fully saturated rings. The number of carbonyl (C=O) groups excluding carboxylic acids is 10. The number of hydrogen-bond acceptors (Lipinski definition) is 30. The molecule has 690 valence electrons. The summed E-state index contributed by atoms with van der Waals surface area (Å²) in [5, 5.41) is 5.12. The first-order valence-corrected chi connectivity index (χ1v) is 50.7. The summed E-state index contributed by atoms with van der Waals surface area (Å²) >= 11 is 7.82. The Morgan fingerprint density at radius 1 is 0.220 bits per heavy atom. The van der Waals surface area contributed by atoms with Crippen LogP contribution in [0.3, 0.4) is 0 Å². The number of thioether (sulfide) groups is 5. The van der Waals surface area contributed by atoms with Crippen LogP contribution in [-0.4, -0.2) is 281 Å². The van der Waals surface area contributed by atoms with Crippen LogP contribution in [0.1, 0.15) is 294 Å². The summed E-state index contributed by atoms with van der Waals surface area (Å²) in [5.41, 5.74) is 0. The Morgan fingerprint density at radius 2 is 0.398 bits per heavy atom. The molecule has 25 nitrogen and oxygen atoms in total. The van der Waals surface area contributed by atoms with Crippen molar-refractivity contribution >= 4 is 119 Å². The van der Waals surface area contributed by atoms with Crippen LogP contribution in [0, 0.1) is 0 Å². The van der Waals surface area contributed by atoms with Gasteiger partial charge in [-0.1, -0.05) is 195 Å². The van der Waals surface area contributed by atoms with Crippen LogP contribution in [0.2, 0.25) is 0 Å². The Morgan fingerprint density at radius 3 is 0.627 bits per heavy atom. The quantitative estimate of drug-likeness (QED) is 0.0325. The molecule has 0 aliphatic heterocycles. The van der Waals surface area contributed by atoms with Crippen LogP contribution >= 0.6 is 58.8 Å². The summed E-state index contributed by atoms with van der Waals surface area (Å²) in [6, 6.07) is 0. The van der Waals surface area contributed by atoms with E-state index in [1.807, 2.05) is 39.5 Å². The smallest absolute Gasteiger partial charge is 0.318 e. The van der Waals surface area contributed by atoms with E-state index in [1.54, 1.807) is 58.8 Å². The van der Waals surface area contributed by atoms with Crippen molar-refractivity contribution < 1.29 is 95.3 Å². The molecule has 0 radical (unpaired) electrons. The monoisotopic (exact) mass is 1770 g/mol. The summed E-state index contributed by atoms with van der Waals surface area (Å²) < 4.78 is 54.8. The molecule has 0 amide bonds. The Hall–Kier alpha value is -3.75. The lowest BCUT2D eigenvalue weighted by Gasteiger charge is -2.28. The minimum Gasteiger partial charge on any atom is -0.462 e. The number of rotatable bonds is 87. The molecular formula is C88H163N5O20S5. The largest absolute Gasteiger partial charge is 0.462 e. The maximum atomic E-state index is 13.4. The topological polar surface area (TPSA) is 297 Å². The van der Waals surface area contributed by atoms with Gasteiger partial charge in [0, 0.05) is 85.1 Å². The van der Waals surface area contributed by atoms with Gasteiger partial charge >= 0.3 is 59.7 Å². The number of nitrogens with zero attached hydrogens (tertiary/aromatic N) is 3. The molecule has 5 unspecified atom stereocenters. The normalized spacial score (nSPS) is 12.7. The standard InChI is InChI=1S/C88H163N5O20S5/c1-11-16-21-26-31-36-69-114-74(6)84(99)109-64-59-104-79(94)41-46-89-47-54-92(52-44-82(97)107-62-67-112-87(102)77(9)117-72-39-34-29-24-19-14-4)55-48-90-49-56-93(53-45-83(98)108-63-68-113-88(103)78(10)118-73-40-35-30-25-20-15-5)58-57-91(50-42-80(95)105-60-65-110-85(100)75(7)115-70-37-32-27-22-17-12-2)51-43-81(96)106-61-66-111-86(101)76(8)116-71-38-33-28-23-18-13-3/h74-78,89-90H,11-73H2,1-10H3. The van der Waals surface area contributed by atoms with E-state index in [0.29, 0.717) is 65.4 Å². The Labute approximate surface area is 734 Å². The van der Waals surface area contributed by atoms with Gasteiger partial charge < -0.3 is 72.7 Å². The summed E-state index contributed by atoms with van der Waals surface area (Å²) in [4.78, 5) is 136. The Balaban J connectivity index is 6.34. The van der Waals surface area contributed by atoms with Gasteiger partial charge in [-0.25, -0.2) is 0 Å². The molecule has 0 bridgehead atoms. The van der Waals surface area contributed by atoms with E-state index >= 15 is 0 Å². The SMILES string of the molecule is CCCCCCCCSC(C)C(=O)OCCOC(=O)CCNCCN(CCNCCN(CCC(=O)OCCOC(=O)C(C)SCCCCCCCC)CCN(CCC(=O)OCCOC(=O)C(C)SCCCCCCCC)CCC(=O)OCCOC(=O)C(C)SCCCCCCCC)CCC(=O)OCCOC(=O)C(C)SCCCCCCCC. The molecule has 0 spiro atoms. The van der Waals surface area contributed by atoms with Crippen LogP contribution in [-0.2, 0) is 95.3 Å². The second kappa shape index (κ2) is 84.1. The highest BCUT2D eigenvalue weighted by atomic mass is 32.2. The van der Waals surface area contributed by atoms with Crippen molar-refractivity contribution in [2.75, 3.05) is 180 Å². The lowest BCUT2D eigenvalue weighted by Crippen LogP contribution is -2.42. The van der Waals surface area contributed by atoms with Gasteiger partial charge in [-0.3, -0.25) is 47.9 Å². The first-order chi connectivity index (χ1) is 57.2. The summed E-state index contributed by atoms with van der Waals surface area (Å²) in [5.74, 6) is 0.178. The molecule has 30 heteroatoms. The van der Waals surface area contributed by atoms with E-state index in [-0.39, 0.29) is 174 Å². The maximum absolute atomic E-state index is 13.4. The molecule has 0 heterocycles. The number of esters is 10. The molecular weight excluding hydrogens is 1610 g/mol. The number of hydrogen-bond donors (Lipinski definition) is 2. The average Bonchev–Trinajstić information content (AvgIpc) is 0.938. The lowest BCUT2D eigenvalue weighted by atomic mass is 10.1. The van der Waals surface area contributed by atoms with E-state index < -0.39 is 29.8 Å². The summed E-state index contributed by atoms with van der Waals surface area (Å²) in [7, 11) is 0. The van der Waals surface area contributed by atoms with Crippen LogP contribution in [0.4, 0.5) is 0 Å². The van der Waals surface area contributed by atoms with Crippen molar-refractivity contribution in [3.63, 3.8) is 0 Å². The molecule has 118 heavy (non-hydrogen) atoms. The fraction of sp³-hybridized carbons (Fsp3) is 0.886. The zero-order chi connectivity index (χ0) is 87.0.